The van der Waals surface area contributed by atoms with Crippen molar-refractivity contribution in [2.24, 2.45) is 0 Å². The average molecular weight is 260 g/mol. The van der Waals surface area contributed by atoms with Gasteiger partial charge < -0.3 is 0 Å². The van der Waals surface area contributed by atoms with Gasteiger partial charge in [0.2, 0.25) is 0 Å². The first-order chi connectivity index (χ1) is 8.17. The van der Waals surface area contributed by atoms with E-state index in [0.29, 0.717) is 6.04 Å². The van der Waals surface area contributed by atoms with Gasteiger partial charge in [0.25, 0.3) is 0 Å². The standard InChI is InChI=1S/C13H29N2OP/c1-5-12(6-2)14-9-8-10-15-13(7-3)11-16-17(14,15)4/h12-13,17H,5-11H2,1-4H3. The monoisotopic (exact) mass is 260 g/mol. The molecule has 2 rings (SSSR count). The topological polar surface area (TPSA) is 15.7 Å². The molecule has 0 bridgehead atoms. The van der Waals surface area contributed by atoms with Crippen LogP contribution in [0.3, 0.4) is 0 Å². The zero-order chi connectivity index (χ0) is 12.5. The van der Waals surface area contributed by atoms with Gasteiger partial charge in [0.05, 0.1) is 0 Å². The Balaban J connectivity index is 2.18. The minimum atomic E-state index is -1.75. The average Bonchev–Trinajstić information content (AvgIpc) is 2.68. The second kappa shape index (κ2) is 5.52. The van der Waals surface area contributed by atoms with E-state index in [1.807, 2.05) is 0 Å². The van der Waals surface area contributed by atoms with Crippen molar-refractivity contribution in [1.29, 1.82) is 0 Å². The molecule has 0 aromatic carbocycles. The van der Waals surface area contributed by atoms with Gasteiger partial charge in [0.15, 0.2) is 0 Å². The first-order valence-electron chi connectivity index (χ1n) is 7.34. The first-order valence-corrected chi connectivity index (χ1v) is 9.65. The van der Waals surface area contributed by atoms with Crippen LogP contribution >= 0.6 is 7.79 Å². The van der Waals surface area contributed by atoms with Gasteiger partial charge in [-0.3, -0.25) is 0 Å². The van der Waals surface area contributed by atoms with Gasteiger partial charge in [0, 0.05) is 0 Å². The van der Waals surface area contributed by atoms with Gasteiger partial charge in [0.1, 0.15) is 0 Å². The summed E-state index contributed by atoms with van der Waals surface area (Å²) in [6.45, 7) is 12.8. The van der Waals surface area contributed by atoms with E-state index in [-0.39, 0.29) is 0 Å². The molecule has 0 aliphatic carbocycles. The summed E-state index contributed by atoms with van der Waals surface area (Å²) < 4.78 is 11.8. The quantitative estimate of drug-likeness (QED) is 0.722. The summed E-state index contributed by atoms with van der Waals surface area (Å²) in [5.41, 5.74) is 0. The normalized spacial score (nSPS) is 31.7. The fourth-order valence-electron chi connectivity index (χ4n) is 3.61. The molecule has 102 valence electrons. The van der Waals surface area contributed by atoms with Crippen molar-refractivity contribution in [3.8, 4) is 0 Å². The van der Waals surface area contributed by atoms with Crippen molar-refractivity contribution < 1.29 is 4.52 Å². The first kappa shape index (κ1) is 13.7. The summed E-state index contributed by atoms with van der Waals surface area (Å²) in [5, 5.41) is 0. The van der Waals surface area contributed by atoms with Gasteiger partial charge in [-0.15, -0.1) is 0 Å². The summed E-state index contributed by atoms with van der Waals surface area (Å²) in [5.74, 6) is 0. The van der Waals surface area contributed by atoms with Crippen molar-refractivity contribution in [1.82, 2.24) is 9.34 Å². The van der Waals surface area contributed by atoms with Crippen LogP contribution in [0.15, 0.2) is 0 Å². The Kier molecular flexibility index (Phi) is 4.46. The predicted octanol–water partition coefficient (Wildman–Crippen LogP) is 3.12. The van der Waals surface area contributed by atoms with E-state index >= 15 is 0 Å². The third kappa shape index (κ3) is 2.28. The van der Waals surface area contributed by atoms with Gasteiger partial charge in [-0.05, 0) is 0 Å². The summed E-state index contributed by atoms with van der Waals surface area (Å²) in [6.07, 6.45) is 5.07. The number of hydrogen-bond acceptors (Lipinski definition) is 3. The Morgan fingerprint density at radius 3 is 2.53 bits per heavy atom. The van der Waals surface area contributed by atoms with E-state index in [0.717, 1.165) is 12.6 Å². The third-order valence-corrected chi connectivity index (χ3v) is 8.73. The van der Waals surface area contributed by atoms with Crippen LogP contribution in [0.5, 0.6) is 0 Å². The molecule has 0 radical (unpaired) electrons. The van der Waals surface area contributed by atoms with E-state index in [9.17, 15) is 0 Å². The molecule has 1 unspecified atom stereocenters. The Morgan fingerprint density at radius 1 is 1.24 bits per heavy atom. The summed E-state index contributed by atoms with van der Waals surface area (Å²) in [4.78, 5) is 0. The van der Waals surface area contributed by atoms with Crippen LogP contribution in [0, 0.1) is 0 Å². The van der Waals surface area contributed by atoms with Crippen molar-refractivity contribution in [3.05, 3.63) is 0 Å². The number of fused-ring (bicyclic) bond motifs is 1. The third-order valence-electron chi connectivity index (χ3n) is 4.71. The second-order valence-electron chi connectivity index (χ2n) is 5.52. The van der Waals surface area contributed by atoms with E-state index in [1.165, 1.54) is 38.8 Å². The number of hydrogen-bond donors (Lipinski definition) is 0. The molecule has 2 saturated heterocycles. The van der Waals surface area contributed by atoms with Crippen LogP contribution in [0.2, 0.25) is 0 Å². The molecule has 17 heavy (non-hydrogen) atoms. The molecule has 2 aliphatic rings. The van der Waals surface area contributed by atoms with Crippen molar-refractivity contribution >= 4 is 7.79 Å². The molecule has 0 amide bonds. The van der Waals surface area contributed by atoms with Gasteiger partial charge >= 0.3 is 107 Å². The van der Waals surface area contributed by atoms with Crippen LogP contribution in [0.25, 0.3) is 0 Å². The Bertz CT molecular complexity index is 260. The molecule has 0 N–H and O–H groups in total. The molecular weight excluding hydrogens is 231 g/mol. The molecule has 3 nitrogen and oxygen atoms in total. The van der Waals surface area contributed by atoms with Crippen LogP contribution in [-0.4, -0.2) is 47.8 Å². The van der Waals surface area contributed by atoms with Crippen LogP contribution in [-0.2, 0) is 4.52 Å². The molecule has 2 fully saturated rings. The van der Waals surface area contributed by atoms with Gasteiger partial charge in [-0.2, -0.15) is 0 Å². The predicted molar refractivity (Wildman–Crippen MR) is 76.7 cm³/mol. The molecule has 2 heterocycles. The fourth-order valence-corrected chi connectivity index (χ4v) is 7.90. The second-order valence-corrected chi connectivity index (χ2v) is 8.82. The van der Waals surface area contributed by atoms with Crippen molar-refractivity contribution in [2.75, 3.05) is 26.4 Å². The molecule has 1 atom stereocenters. The van der Waals surface area contributed by atoms with Crippen LogP contribution < -0.4 is 0 Å². The van der Waals surface area contributed by atoms with Crippen molar-refractivity contribution in [2.45, 2.75) is 58.5 Å². The van der Waals surface area contributed by atoms with E-state index < -0.39 is 7.79 Å². The summed E-state index contributed by atoms with van der Waals surface area (Å²) in [6, 6.07) is 1.41. The molecule has 0 aromatic rings. The SMILES string of the molecule is CCC(CC)N1CCCN2C(CC)CO[PH]12C. The van der Waals surface area contributed by atoms with Crippen LogP contribution in [0.1, 0.15) is 46.5 Å². The Morgan fingerprint density at radius 2 is 1.94 bits per heavy atom. The number of rotatable bonds is 4. The van der Waals surface area contributed by atoms with E-state index in [1.54, 1.807) is 0 Å². The van der Waals surface area contributed by atoms with Crippen LogP contribution in [0.4, 0.5) is 0 Å². The van der Waals surface area contributed by atoms with Crippen molar-refractivity contribution in [3.63, 3.8) is 0 Å². The Labute approximate surface area is 107 Å². The Hall–Kier alpha value is 0.310. The number of nitrogens with zero attached hydrogens (tertiary/aromatic N) is 2. The zero-order valence-corrected chi connectivity index (χ0v) is 12.9. The molecule has 0 spiro atoms. The summed E-state index contributed by atoms with van der Waals surface area (Å²) >= 11 is 0. The maximum absolute atomic E-state index is 6.34. The molecule has 0 aromatic heterocycles. The van der Waals surface area contributed by atoms with E-state index in [4.69, 9.17) is 4.52 Å². The molecule has 4 heteroatoms. The zero-order valence-electron chi connectivity index (χ0n) is 11.9. The van der Waals surface area contributed by atoms with E-state index in [2.05, 4.69) is 36.8 Å². The maximum atomic E-state index is 6.34. The molecular formula is C13H29N2OP. The van der Waals surface area contributed by atoms with Gasteiger partial charge in [-0.25, -0.2) is 0 Å². The molecule has 2 aliphatic heterocycles. The van der Waals surface area contributed by atoms with Gasteiger partial charge in [-0.1, -0.05) is 0 Å². The summed E-state index contributed by atoms with van der Waals surface area (Å²) in [7, 11) is -1.75. The fraction of sp³-hybridized carbons (Fsp3) is 1.00. The minimum absolute atomic E-state index is 0.684. The molecule has 0 saturated carbocycles.